The van der Waals surface area contributed by atoms with E-state index in [1.807, 2.05) is 26.1 Å². The van der Waals surface area contributed by atoms with Crippen LogP contribution in [0.3, 0.4) is 0 Å². The Hall–Kier alpha value is -1.39. The second-order valence-electron chi connectivity index (χ2n) is 6.09. The molecule has 21 heavy (non-hydrogen) atoms. The third kappa shape index (κ3) is 6.27. The Kier molecular flexibility index (Phi) is 7.40. The maximum atomic E-state index is 12.1. The van der Waals surface area contributed by atoms with E-state index in [0.29, 0.717) is 12.5 Å². The van der Waals surface area contributed by atoms with Crippen molar-refractivity contribution >= 4 is 5.91 Å². The Labute approximate surface area is 128 Å². The Morgan fingerprint density at radius 2 is 1.76 bits per heavy atom. The number of benzene rings is 1. The van der Waals surface area contributed by atoms with Gasteiger partial charge >= 0.3 is 0 Å². The molecule has 0 aliphatic heterocycles. The smallest absolute Gasteiger partial charge is 0.237 e. The molecule has 1 atom stereocenters. The fourth-order valence-electron chi connectivity index (χ4n) is 2.04. The van der Waals surface area contributed by atoms with E-state index >= 15 is 0 Å². The van der Waals surface area contributed by atoms with E-state index in [4.69, 9.17) is 5.73 Å². The van der Waals surface area contributed by atoms with Gasteiger partial charge in [-0.25, -0.2) is 0 Å². The second-order valence-corrected chi connectivity index (χ2v) is 6.09. The number of nitrogens with one attached hydrogen (secondary N) is 1. The highest BCUT2D eigenvalue weighted by Crippen LogP contribution is 2.08. The monoisotopic (exact) mass is 291 g/mol. The standard InChI is InChI=1S/C17H29N3O/c1-13(2)9-10-19-17(21)14(3)20(4)12-16-7-5-15(11-18)6-8-16/h5-8,13-14H,9-12,18H2,1-4H3,(H,19,21). The molecule has 0 aliphatic rings. The molecular formula is C17H29N3O. The number of nitrogens with two attached hydrogens (primary N) is 1. The van der Waals surface area contributed by atoms with E-state index in [9.17, 15) is 4.79 Å². The average molecular weight is 291 g/mol. The number of carbonyl (C=O) groups is 1. The fraction of sp³-hybridized carbons (Fsp3) is 0.588. The van der Waals surface area contributed by atoms with Crippen molar-refractivity contribution in [1.29, 1.82) is 0 Å². The molecule has 118 valence electrons. The summed E-state index contributed by atoms with van der Waals surface area (Å²) in [5, 5.41) is 3.00. The van der Waals surface area contributed by atoms with Gasteiger partial charge in [0.1, 0.15) is 0 Å². The summed E-state index contributed by atoms with van der Waals surface area (Å²) in [5.74, 6) is 0.705. The summed E-state index contributed by atoms with van der Waals surface area (Å²) in [5.41, 5.74) is 7.91. The molecule has 0 saturated heterocycles. The highest BCUT2D eigenvalue weighted by molar-refractivity contribution is 5.81. The van der Waals surface area contributed by atoms with Crippen molar-refractivity contribution in [2.45, 2.75) is 46.3 Å². The summed E-state index contributed by atoms with van der Waals surface area (Å²) in [6, 6.07) is 8.09. The molecule has 1 aromatic carbocycles. The predicted molar refractivity (Wildman–Crippen MR) is 87.7 cm³/mol. The molecule has 1 unspecified atom stereocenters. The zero-order valence-corrected chi connectivity index (χ0v) is 13.7. The van der Waals surface area contributed by atoms with Gasteiger partial charge in [-0.2, -0.15) is 0 Å². The predicted octanol–water partition coefficient (Wildman–Crippen LogP) is 2.13. The normalized spacial score (nSPS) is 12.7. The Morgan fingerprint density at radius 1 is 1.19 bits per heavy atom. The molecule has 0 aromatic heterocycles. The number of nitrogens with zero attached hydrogens (tertiary/aromatic N) is 1. The van der Waals surface area contributed by atoms with E-state index in [0.717, 1.165) is 25.1 Å². The van der Waals surface area contributed by atoms with E-state index < -0.39 is 0 Å². The summed E-state index contributed by atoms with van der Waals surface area (Å²) >= 11 is 0. The van der Waals surface area contributed by atoms with Crippen molar-refractivity contribution in [3.8, 4) is 0 Å². The van der Waals surface area contributed by atoms with Gasteiger partial charge in [-0.15, -0.1) is 0 Å². The summed E-state index contributed by atoms with van der Waals surface area (Å²) in [4.78, 5) is 14.1. The van der Waals surface area contributed by atoms with Crippen LogP contribution in [0.25, 0.3) is 0 Å². The van der Waals surface area contributed by atoms with Gasteiger partial charge in [0.15, 0.2) is 0 Å². The quantitative estimate of drug-likeness (QED) is 0.771. The SMILES string of the molecule is CC(C)CCNC(=O)C(C)N(C)Cc1ccc(CN)cc1. The van der Waals surface area contributed by atoms with Gasteiger partial charge in [-0.05, 0) is 37.4 Å². The van der Waals surface area contributed by atoms with Crippen molar-refractivity contribution in [3.05, 3.63) is 35.4 Å². The van der Waals surface area contributed by atoms with Crippen LogP contribution in [0.2, 0.25) is 0 Å². The van der Waals surface area contributed by atoms with Gasteiger partial charge in [0.25, 0.3) is 0 Å². The van der Waals surface area contributed by atoms with Crippen molar-refractivity contribution in [1.82, 2.24) is 10.2 Å². The Bertz CT molecular complexity index is 428. The van der Waals surface area contributed by atoms with Gasteiger partial charge < -0.3 is 11.1 Å². The summed E-state index contributed by atoms with van der Waals surface area (Å²) in [6.07, 6.45) is 1.02. The molecule has 3 N–H and O–H groups in total. The van der Waals surface area contributed by atoms with Crippen molar-refractivity contribution in [2.75, 3.05) is 13.6 Å². The molecule has 1 rings (SSSR count). The van der Waals surface area contributed by atoms with Crippen LogP contribution in [0, 0.1) is 5.92 Å². The molecule has 0 saturated carbocycles. The second kappa shape index (κ2) is 8.80. The minimum absolute atomic E-state index is 0.0942. The molecule has 0 heterocycles. The van der Waals surface area contributed by atoms with Gasteiger partial charge in [-0.1, -0.05) is 38.1 Å². The lowest BCUT2D eigenvalue weighted by atomic mass is 10.1. The molecule has 0 fully saturated rings. The molecule has 0 aliphatic carbocycles. The highest BCUT2D eigenvalue weighted by atomic mass is 16.2. The van der Waals surface area contributed by atoms with Crippen LogP contribution in [-0.2, 0) is 17.9 Å². The van der Waals surface area contributed by atoms with Gasteiger partial charge in [0.2, 0.25) is 5.91 Å². The van der Waals surface area contributed by atoms with Crippen molar-refractivity contribution in [2.24, 2.45) is 11.7 Å². The van der Waals surface area contributed by atoms with E-state index in [1.165, 1.54) is 5.56 Å². The first kappa shape index (κ1) is 17.7. The minimum Gasteiger partial charge on any atom is -0.355 e. The number of likely N-dealkylation sites (N-methyl/N-ethyl adjacent to an activating group) is 1. The van der Waals surface area contributed by atoms with Crippen LogP contribution < -0.4 is 11.1 Å². The van der Waals surface area contributed by atoms with Gasteiger partial charge in [-0.3, -0.25) is 9.69 Å². The third-order valence-electron chi connectivity index (χ3n) is 3.75. The lowest BCUT2D eigenvalue weighted by molar-refractivity contribution is -0.125. The zero-order chi connectivity index (χ0) is 15.8. The van der Waals surface area contributed by atoms with Crippen molar-refractivity contribution < 1.29 is 4.79 Å². The largest absolute Gasteiger partial charge is 0.355 e. The third-order valence-corrected chi connectivity index (χ3v) is 3.75. The first-order chi connectivity index (χ1) is 9.93. The number of amides is 1. The topological polar surface area (TPSA) is 58.4 Å². The lowest BCUT2D eigenvalue weighted by Crippen LogP contribution is -2.43. The number of rotatable bonds is 8. The maximum absolute atomic E-state index is 12.1. The van der Waals surface area contributed by atoms with Crippen LogP contribution >= 0.6 is 0 Å². The molecular weight excluding hydrogens is 262 g/mol. The van der Waals surface area contributed by atoms with E-state index in [2.05, 4.69) is 36.2 Å². The first-order valence-corrected chi connectivity index (χ1v) is 7.70. The maximum Gasteiger partial charge on any atom is 0.237 e. The van der Waals surface area contributed by atoms with Crippen LogP contribution in [0.4, 0.5) is 0 Å². The van der Waals surface area contributed by atoms with Gasteiger partial charge in [0, 0.05) is 19.6 Å². The Balaban J connectivity index is 2.45. The molecule has 0 radical (unpaired) electrons. The van der Waals surface area contributed by atoms with E-state index in [-0.39, 0.29) is 11.9 Å². The molecule has 4 nitrogen and oxygen atoms in total. The van der Waals surface area contributed by atoms with E-state index in [1.54, 1.807) is 0 Å². The summed E-state index contributed by atoms with van der Waals surface area (Å²) < 4.78 is 0. The van der Waals surface area contributed by atoms with Gasteiger partial charge in [0.05, 0.1) is 6.04 Å². The number of carbonyl (C=O) groups excluding carboxylic acids is 1. The average Bonchev–Trinajstić information content (AvgIpc) is 2.46. The minimum atomic E-state index is -0.133. The van der Waals surface area contributed by atoms with Crippen LogP contribution in [-0.4, -0.2) is 30.4 Å². The van der Waals surface area contributed by atoms with Crippen LogP contribution in [0.5, 0.6) is 0 Å². The summed E-state index contributed by atoms with van der Waals surface area (Å²) in [6.45, 7) is 8.33. The molecule has 0 bridgehead atoms. The molecule has 1 amide bonds. The molecule has 0 spiro atoms. The number of hydrogen-bond donors (Lipinski definition) is 2. The zero-order valence-electron chi connectivity index (χ0n) is 13.7. The lowest BCUT2D eigenvalue weighted by Gasteiger charge is -2.24. The van der Waals surface area contributed by atoms with Crippen LogP contribution in [0.1, 0.15) is 38.3 Å². The highest BCUT2D eigenvalue weighted by Gasteiger charge is 2.17. The fourth-order valence-corrected chi connectivity index (χ4v) is 2.04. The summed E-state index contributed by atoms with van der Waals surface area (Å²) in [7, 11) is 1.98. The first-order valence-electron chi connectivity index (χ1n) is 7.70. The van der Waals surface area contributed by atoms with Crippen LogP contribution in [0.15, 0.2) is 24.3 Å². The van der Waals surface area contributed by atoms with Crippen molar-refractivity contribution in [3.63, 3.8) is 0 Å². The Morgan fingerprint density at radius 3 is 2.29 bits per heavy atom. The number of hydrogen-bond acceptors (Lipinski definition) is 3. The molecule has 1 aromatic rings. The molecule has 4 heteroatoms.